The van der Waals surface area contributed by atoms with Gasteiger partial charge in [0.1, 0.15) is 5.76 Å². The SMILES string of the molecule is C[C@@H](NCC[C@@H](c1ccccc1)c1ccco1)c1ccccc1. The summed E-state index contributed by atoms with van der Waals surface area (Å²) < 4.78 is 5.66. The average molecular weight is 305 g/mol. The van der Waals surface area contributed by atoms with E-state index in [4.69, 9.17) is 4.42 Å². The maximum Gasteiger partial charge on any atom is 0.111 e. The summed E-state index contributed by atoms with van der Waals surface area (Å²) in [7, 11) is 0. The number of furan rings is 1. The standard InChI is InChI=1S/C21H23NO/c1-17(18-9-4-2-5-10-18)22-15-14-20(21-13-8-16-23-21)19-11-6-3-7-12-19/h2-13,16-17,20,22H,14-15H2,1H3/t17-,20+/m1/s1. The first-order valence-electron chi connectivity index (χ1n) is 8.21. The van der Waals surface area contributed by atoms with Crippen LogP contribution in [0.15, 0.2) is 83.5 Å². The Hall–Kier alpha value is -2.32. The van der Waals surface area contributed by atoms with Gasteiger partial charge < -0.3 is 9.73 Å². The number of benzene rings is 2. The van der Waals surface area contributed by atoms with Crippen molar-refractivity contribution in [1.82, 2.24) is 5.32 Å². The zero-order valence-electron chi connectivity index (χ0n) is 13.5. The summed E-state index contributed by atoms with van der Waals surface area (Å²) in [5.74, 6) is 1.33. The number of hydrogen-bond donors (Lipinski definition) is 1. The van der Waals surface area contributed by atoms with Gasteiger partial charge in [0.2, 0.25) is 0 Å². The fourth-order valence-corrected chi connectivity index (χ4v) is 2.95. The van der Waals surface area contributed by atoms with Crippen LogP contribution in [-0.4, -0.2) is 6.54 Å². The molecule has 0 fully saturated rings. The first kappa shape index (κ1) is 15.6. The van der Waals surface area contributed by atoms with Crippen LogP contribution >= 0.6 is 0 Å². The van der Waals surface area contributed by atoms with Gasteiger partial charge in [0.25, 0.3) is 0 Å². The fourth-order valence-electron chi connectivity index (χ4n) is 2.95. The van der Waals surface area contributed by atoms with Crippen LogP contribution in [0.3, 0.4) is 0 Å². The van der Waals surface area contributed by atoms with Crippen molar-refractivity contribution in [3.05, 3.63) is 95.9 Å². The van der Waals surface area contributed by atoms with Gasteiger partial charge in [0.05, 0.1) is 6.26 Å². The molecule has 1 heterocycles. The van der Waals surface area contributed by atoms with E-state index in [1.165, 1.54) is 11.1 Å². The van der Waals surface area contributed by atoms with Gasteiger partial charge in [-0.15, -0.1) is 0 Å². The Bertz CT molecular complexity index is 676. The Morgan fingerprint density at radius 3 is 2.09 bits per heavy atom. The molecule has 2 atom stereocenters. The molecule has 118 valence electrons. The summed E-state index contributed by atoms with van der Waals surface area (Å²) >= 11 is 0. The van der Waals surface area contributed by atoms with E-state index in [9.17, 15) is 0 Å². The highest BCUT2D eigenvalue weighted by molar-refractivity contribution is 5.27. The minimum absolute atomic E-state index is 0.293. The summed E-state index contributed by atoms with van der Waals surface area (Å²) in [6.07, 6.45) is 2.76. The summed E-state index contributed by atoms with van der Waals surface area (Å²) in [5.41, 5.74) is 2.62. The highest BCUT2D eigenvalue weighted by atomic mass is 16.3. The number of rotatable bonds is 7. The van der Waals surface area contributed by atoms with Crippen molar-refractivity contribution < 1.29 is 4.42 Å². The number of hydrogen-bond acceptors (Lipinski definition) is 2. The van der Waals surface area contributed by atoms with Crippen molar-refractivity contribution in [1.29, 1.82) is 0 Å². The Kier molecular flexibility index (Phi) is 5.28. The molecule has 0 saturated carbocycles. The maximum absolute atomic E-state index is 5.66. The average Bonchev–Trinajstić information content (AvgIpc) is 3.14. The molecule has 1 N–H and O–H groups in total. The molecule has 2 aromatic carbocycles. The molecule has 0 spiro atoms. The molecular weight excluding hydrogens is 282 g/mol. The van der Waals surface area contributed by atoms with E-state index in [0.29, 0.717) is 12.0 Å². The molecule has 3 rings (SSSR count). The van der Waals surface area contributed by atoms with Gasteiger partial charge in [-0.2, -0.15) is 0 Å². The molecule has 0 aliphatic heterocycles. The van der Waals surface area contributed by atoms with Gasteiger partial charge in [0.15, 0.2) is 0 Å². The van der Waals surface area contributed by atoms with E-state index in [1.54, 1.807) is 6.26 Å². The monoisotopic (exact) mass is 305 g/mol. The van der Waals surface area contributed by atoms with Crippen molar-refractivity contribution in [2.75, 3.05) is 6.54 Å². The van der Waals surface area contributed by atoms with Gasteiger partial charge in [-0.05, 0) is 43.1 Å². The maximum atomic E-state index is 5.66. The molecule has 0 unspecified atom stereocenters. The normalized spacial score (nSPS) is 13.6. The largest absolute Gasteiger partial charge is 0.469 e. The second-order valence-corrected chi connectivity index (χ2v) is 5.85. The molecule has 0 amide bonds. The molecule has 3 aromatic rings. The minimum atomic E-state index is 0.293. The summed E-state index contributed by atoms with van der Waals surface area (Å²) in [4.78, 5) is 0. The van der Waals surface area contributed by atoms with E-state index in [2.05, 4.69) is 79.0 Å². The molecule has 1 aromatic heterocycles. The van der Waals surface area contributed by atoms with Crippen molar-refractivity contribution >= 4 is 0 Å². The fraction of sp³-hybridized carbons (Fsp3) is 0.238. The highest BCUT2D eigenvalue weighted by Gasteiger charge is 2.16. The Morgan fingerprint density at radius 2 is 1.48 bits per heavy atom. The third-order valence-electron chi connectivity index (χ3n) is 4.27. The first-order valence-corrected chi connectivity index (χ1v) is 8.21. The smallest absolute Gasteiger partial charge is 0.111 e. The lowest BCUT2D eigenvalue weighted by molar-refractivity contribution is 0.457. The van der Waals surface area contributed by atoms with Gasteiger partial charge >= 0.3 is 0 Å². The van der Waals surface area contributed by atoms with Crippen LogP contribution in [0.2, 0.25) is 0 Å². The quantitative estimate of drug-likeness (QED) is 0.653. The summed E-state index contributed by atoms with van der Waals surface area (Å²) in [6.45, 7) is 3.15. The second-order valence-electron chi connectivity index (χ2n) is 5.85. The van der Waals surface area contributed by atoms with E-state index < -0.39 is 0 Å². The molecule has 0 aliphatic rings. The van der Waals surface area contributed by atoms with Crippen LogP contribution in [0, 0.1) is 0 Å². The Labute approximate surface area is 138 Å². The molecule has 2 nitrogen and oxygen atoms in total. The third-order valence-corrected chi connectivity index (χ3v) is 4.27. The van der Waals surface area contributed by atoms with E-state index in [1.807, 2.05) is 6.07 Å². The molecule has 2 heteroatoms. The predicted molar refractivity (Wildman–Crippen MR) is 94.5 cm³/mol. The van der Waals surface area contributed by atoms with Crippen molar-refractivity contribution in [2.45, 2.75) is 25.3 Å². The Balaban J connectivity index is 1.64. The first-order chi connectivity index (χ1) is 11.3. The van der Waals surface area contributed by atoms with E-state index in [-0.39, 0.29) is 0 Å². The lowest BCUT2D eigenvalue weighted by atomic mass is 9.93. The highest BCUT2D eigenvalue weighted by Crippen LogP contribution is 2.28. The van der Waals surface area contributed by atoms with E-state index in [0.717, 1.165) is 18.7 Å². The second kappa shape index (κ2) is 7.80. The third kappa shape index (κ3) is 4.11. The topological polar surface area (TPSA) is 25.2 Å². The van der Waals surface area contributed by atoms with Gasteiger partial charge in [-0.1, -0.05) is 60.7 Å². The van der Waals surface area contributed by atoms with Crippen LogP contribution in [0.1, 0.15) is 42.2 Å². The zero-order chi connectivity index (χ0) is 15.9. The Morgan fingerprint density at radius 1 is 0.826 bits per heavy atom. The van der Waals surface area contributed by atoms with Crippen LogP contribution in [0.5, 0.6) is 0 Å². The molecule has 0 saturated heterocycles. The van der Waals surface area contributed by atoms with E-state index >= 15 is 0 Å². The van der Waals surface area contributed by atoms with Crippen LogP contribution in [0.25, 0.3) is 0 Å². The molecule has 0 bridgehead atoms. The zero-order valence-corrected chi connectivity index (χ0v) is 13.5. The summed E-state index contributed by atoms with van der Waals surface area (Å²) in [6, 6.07) is 25.5. The molecular formula is C21H23NO. The van der Waals surface area contributed by atoms with Crippen LogP contribution in [0.4, 0.5) is 0 Å². The molecule has 0 aliphatic carbocycles. The van der Waals surface area contributed by atoms with Crippen LogP contribution in [-0.2, 0) is 0 Å². The lowest BCUT2D eigenvalue weighted by Crippen LogP contribution is -2.21. The predicted octanol–water partition coefficient (Wildman–Crippen LogP) is 5.15. The van der Waals surface area contributed by atoms with Gasteiger partial charge in [-0.25, -0.2) is 0 Å². The van der Waals surface area contributed by atoms with Crippen molar-refractivity contribution in [2.24, 2.45) is 0 Å². The lowest BCUT2D eigenvalue weighted by Gasteiger charge is -2.18. The minimum Gasteiger partial charge on any atom is -0.469 e. The molecule has 0 radical (unpaired) electrons. The van der Waals surface area contributed by atoms with Crippen LogP contribution < -0.4 is 5.32 Å². The molecule has 23 heavy (non-hydrogen) atoms. The van der Waals surface area contributed by atoms with Crippen molar-refractivity contribution in [3.63, 3.8) is 0 Å². The van der Waals surface area contributed by atoms with Gasteiger partial charge in [0, 0.05) is 12.0 Å². The summed E-state index contributed by atoms with van der Waals surface area (Å²) in [5, 5.41) is 3.62. The van der Waals surface area contributed by atoms with Gasteiger partial charge in [-0.3, -0.25) is 0 Å². The number of nitrogens with one attached hydrogen (secondary N) is 1. The van der Waals surface area contributed by atoms with Crippen molar-refractivity contribution in [3.8, 4) is 0 Å².